The first kappa shape index (κ1) is 10.6. The number of nitrogens with zero attached hydrogens (tertiary/aromatic N) is 1. The summed E-state index contributed by atoms with van der Waals surface area (Å²) >= 11 is 0. The standard InChI is InChI=1S/C12H10N.K/c1-3-7-11-9(5-1)10-6-2-4-8-12(10)13-11;/h1-9,11H;/q-1;+1. The average molecular weight is 207 g/mol. The number of allylic oxidation sites excluding steroid dienone is 2. The van der Waals surface area contributed by atoms with Crippen LogP contribution in [0.25, 0.3) is 5.32 Å². The van der Waals surface area contributed by atoms with Crippen molar-refractivity contribution in [1.29, 1.82) is 0 Å². The molecule has 2 aliphatic rings. The van der Waals surface area contributed by atoms with Crippen LogP contribution in [0.15, 0.2) is 48.6 Å². The molecule has 14 heavy (non-hydrogen) atoms. The Hall–Kier alpha value is 0.136. The molecule has 0 bridgehead atoms. The van der Waals surface area contributed by atoms with Crippen LogP contribution in [0, 0.1) is 0 Å². The molecule has 1 nitrogen and oxygen atoms in total. The van der Waals surface area contributed by atoms with Gasteiger partial charge in [-0.2, -0.15) is 0 Å². The van der Waals surface area contributed by atoms with Gasteiger partial charge in [0.15, 0.2) is 0 Å². The smallest absolute Gasteiger partial charge is 0.678 e. The summed E-state index contributed by atoms with van der Waals surface area (Å²) in [5, 5.41) is 4.64. The van der Waals surface area contributed by atoms with Gasteiger partial charge in [0, 0.05) is 0 Å². The first-order valence-corrected chi connectivity index (χ1v) is 4.60. The van der Waals surface area contributed by atoms with Crippen LogP contribution in [0.5, 0.6) is 0 Å². The maximum Gasteiger partial charge on any atom is 1.00 e. The predicted molar refractivity (Wildman–Crippen MR) is 54.3 cm³/mol. The van der Waals surface area contributed by atoms with Gasteiger partial charge in [-0.05, 0) is 5.92 Å². The van der Waals surface area contributed by atoms with Crippen LogP contribution in [-0.2, 0) is 0 Å². The largest absolute Gasteiger partial charge is 1.00 e. The first-order valence-electron chi connectivity index (χ1n) is 4.60. The summed E-state index contributed by atoms with van der Waals surface area (Å²) in [6.45, 7) is 0. The molecule has 1 aromatic rings. The molecule has 0 amide bonds. The van der Waals surface area contributed by atoms with Crippen LogP contribution < -0.4 is 51.4 Å². The second kappa shape index (κ2) is 4.33. The minimum atomic E-state index is 0. The normalized spacial score (nSPS) is 26.0. The Morgan fingerprint density at radius 2 is 1.79 bits per heavy atom. The van der Waals surface area contributed by atoms with Gasteiger partial charge in [-0.25, -0.2) is 0 Å². The van der Waals surface area contributed by atoms with E-state index in [2.05, 4.69) is 47.8 Å². The van der Waals surface area contributed by atoms with Gasteiger partial charge in [0.2, 0.25) is 0 Å². The zero-order valence-electron chi connectivity index (χ0n) is 8.22. The van der Waals surface area contributed by atoms with E-state index < -0.39 is 0 Å². The summed E-state index contributed by atoms with van der Waals surface area (Å²) in [6.07, 6.45) is 8.60. The zero-order valence-corrected chi connectivity index (χ0v) is 11.3. The first-order chi connectivity index (χ1) is 6.45. The third kappa shape index (κ3) is 1.66. The van der Waals surface area contributed by atoms with Crippen LogP contribution >= 0.6 is 0 Å². The Morgan fingerprint density at radius 1 is 1.00 bits per heavy atom. The van der Waals surface area contributed by atoms with E-state index in [-0.39, 0.29) is 51.4 Å². The average Bonchev–Trinajstić information content (AvgIpc) is 2.56. The van der Waals surface area contributed by atoms with Crippen molar-refractivity contribution in [1.82, 2.24) is 0 Å². The molecular weight excluding hydrogens is 197 g/mol. The Balaban J connectivity index is 0.000000750. The zero-order chi connectivity index (χ0) is 8.67. The topological polar surface area (TPSA) is 14.1 Å². The summed E-state index contributed by atoms with van der Waals surface area (Å²) in [6, 6.07) is 8.75. The molecule has 1 aliphatic heterocycles. The molecule has 0 radical (unpaired) electrons. The molecule has 0 fully saturated rings. The molecule has 2 atom stereocenters. The maximum atomic E-state index is 4.64. The fourth-order valence-electron chi connectivity index (χ4n) is 2.05. The number of rotatable bonds is 0. The minimum Gasteiger partial charge on any atom is -0.678 e. The molecule has 1 aliphatic carbocycles. The number of benzene rings is 1. The van der Waals surface area contributed by atoms with E-state index >= 15 is 0 Å². The van der Waals surface area contributed by atoms with Crippen molar-refractivity contribution < 1.29 is 51.4 Å². The summed E-state index contributed by atoms with van der Waals surface area (Å²) in [7, 11) is 0. The van der Waals surface area contributed by atoms with Crippen LogP contribution in [0.4, 0.5) is 5.69 Å². The second-order valence-corrected chi connectivity index (χ2v) is 3.47. The van der Waals surface area contributed by atoms with Crippen LogP contribution in [-0.4, -0.2) is 6.04 Å². The van der Waals surface area contributed by atoms with Gasteiger partial charge in [0.1, 0.15) is 0 Å². The molecule has 0 spiro atoms. The SMILES string of the molecule is C1=CC2[N-]c3ccccc3C2C=C1.[K+]. The second-order valence-electron chi connectivity index (χ2n) is 3.47. The van der Waals surface area contributed by atoms with E-state index in [1.165, 1.54) is 5.56 Å². The van der Waals surface area contributed by atoms with Crippen LogP contribution in [0.1, 0.15) is 11.5 Å². The maximum absolute atomic E-state index is 4.64. The number of fused-ring (bicyclic) bond motifs is 3. The molecule has 3 rings (SSSR count). The van der Waals surface area contributed by atoms with Gasteiger partial charge >= 0.3 is 51.4 Å². The number of hydrogen-bond donors (Lipinski definition) is 0. The van der Waals surface area contributed by atoms with Gasteiger partial charge < -0.3 is 5.32 Å². The molecule has 2 unspecified atom stereocenters. The van der Waals surface area contributed by atoms with Crippen molar-refractivity contribution in [3.8, 4) is 0 Å². The third-order valence-electron chi connectivity index (χ3n) is 2.69. The van der Waals surface area contributed by atoms with E-state index in [9.17, 15) is 0 Å². The van der Waals surface area contributed by atoms with E-state index in [0.717, 1.165) is 5.69 Å². The van der Waals surface area contributed by atoms with E-state index in [1.807, 2.05) is 6.07 Å². The fourth-order valence-corrected chi connectivity index (χ4v) is 2.05. The Kier molecular flexibility index (Phi) is 3.29. The Bertz CT molecular complexity index is 395. The molecule has 0 N–H and O–H groups in total. The van der Waals surface area contributed by atoms with Crippen LogP contribution in [0.3, 0.4) is 0 Å². The summed E-state index contributed by atoms with van der Waals surface area (Å²) in [5.74, 6) is 0.487. The molecule has 0 saturated heterocycles. The quantitative estimate of drug-likeness (QED) is 0.543. The monoisotopic (exact) mass is 207 g/mol. The third-order valence-corrected chi connectivity index (χ3v) is 2.69. The molecule has 2 heteroatoms. The van der Waals surface area contributed by atoms with Gasteiger partial charge in [-0.3, -0.25) is 0 Å². The predicted octanol–water partition coefficient (Wildman–Crippen LogP) is 0.288. The van der Waals surface area contributed by atoms with Crippen molar-refractivity contribution in [3.63, 3.8) is 0 Å². The van der Waals surface area contributed by atoms with E-state index in [4.69, 9.17) is 0 Å². The van der Waals surface area contributed by atoms with Gasteiger partial charge in [-0.1, -0.05) is 60.2 Å². The Labute approximate surface area is 127 Å². The molecule has 1 heterocycles. The number of hydrogen-bond acceptors (Lipinski definition) is 0. The fraction of sp³-hybridized carbons (Fsp3) is 0.167. The van der Waals surface area contributed by atoms with Crippen molar-refractivity contribution in [2.24, 2.45) is 0 Å². The van der Waals surface area contributed by atoms with Gasteiger partial charge in [-0.15, -0.1) is 5.69 Å². The summed E-state index contributed by atoms with van der Waals surface area (Å²) < 4.78 is 0. The minimum absolute atomic E-state index is 0. The van der Waals surface area contributed by atoms with E-state index in [0.29, 0.717) is 12.0 Å². The number of para-hydroxylation sites is 1. The van der Waals surface area contributed by atoms with Gasteiger partial charge in [0.25, 0.3) is 0 Å². The summed E-state index contributed by atoms with van der Waals surface area (Å²) in [5.41, 5.74) is 2.53. The molecular formula is C12H10KN. The summed E-state index contributed by atoms with van der Waals surface area (Å²) in [4.78, 5) is 0. The van der Waals surface area contributed by atoms with E-state index in [1.54, 1.807) is 0 Å². The molecule has 0 saturated carbocycles. The van der Waals surface area contributed by atoms with Gasteiger partial charge in [0.05, 0.1) is 0 Å². The molecule has 0 aromatic heterocycles. The van der Waals surface area contributed by atoms with Crippen molar-refractivity contribution in [3.05, 3.63) is 59.4 Å². The molecule has 64 valence electrons. The van der Waals surface area contributed by atoms with Crippen molar-refractivity contribution in [2.75, 3.05) is 0 Å². The van der Waals surface area contributed by atoms with Crippen molar-refractivity contribution in [2.45, 2.75) is 12.0 Å². The van der Waals surface area contributed by atoms with Crippen LogP contribution in [0.2, 0.25) is 0 Å². The van der Waals surface area contributed by atoms with Crippen molar-refractivity contribution >= 4 is 5.69 Å². The Morgan fingerprint density at radius 3 is 2.71 bits per heavy atom. The molecule has 1 aromatic carbocycles.